The Morgan fingerprint density at radius 3 is 2.86 bits per heavy atom. The van der Waals surface area contributed by atoms with E-state index in [1.165, 1.54) is 19.3 Å². The number of rotatable bonds is 9. The molecule has 0 radical (unpaired) electrons. The van der Waals surface area contributed by atoms with Crippen molar-refractivity contribution in [3.05, 3.63) is 23.9 Å². The number of morpholine rings is 1. The molecule has 0 spiro atoms. The van der Waals surface area contributed by atoms with E-state index in [0.717, 1.165) is 82.6 Å². The third-order valence-electron chi connectivity index (χ3n) is 5.45. The summed E-state index contributed by atoms with van der Waals surface area (Å²) in [5.74, 6) is 1.59. The monoisotopic (exact) mass is 403 g/mol. The molecule has 162 valence electrons. The molecule has 1 aromatic rings. The number of aliphatic imine (C=N–C) groups is 1. The van der Waals surface area contributed by atoms with Crippen molar-refractivity contribution in [2.45, 2.75) is 58.1 Å². The zero-order valence-electron chi connectivity index (χ0n) is 17.9. The fraction of sp³-hybridized carbons (Fsp3) is 0.727. The Labute approximate surface area is 175 Å². The summed E-state index contributed by atoms with van der Waals surface area (Å²) in [4.78, 5) is 11.6. The number of nitrogens with zero attached hydrogens (tertiary/aromatic N) is 3. The van der Waals surface area contributed by atoms with Crippen molar-refractivity contribution in [1.29, 1.82) is 0 Å². The smallest absolute Gasteiger partial charge is 0.213 e. The average Bonchev–Trinajstić information content (AvgIpc) is 2.77. The van der Waals surface area contributed by atoms with E-state index in [0.29, 0.717) is 12.6 Å². The lowest BCUT2D eigenvalue weighted by molar-refractivity contribution is 0.0376. The van der Waals surface area contributed by atoms with Crippen molar-refractivity contribution in [3.63, 3.8) is 0 Å². The fourth-order valence-electron chi connectivity index (χ4n) is 3.81. The van der Waals surface area contributed by atoms with Gasteiger partial charge in [-0.05, 0) is 57.2 Å². The van der Waals surface area contributed by atoms with E-state index >= 15 is 0 Å². The summed E-state index contributed by atoms with van der Waals surface area (Å²) >= 11 is 0. The topological polar surface area (TPSA) is 71.0 Å². The van der Waals surface area contributed by atoms with Crippen LogP contribution >= 0.6 is 0 Å². The van der Waals surface area contributed by atoms with Crippen LogP contribution in [0.2, 0.25) is 0 Å². The van der Waals surface area contributed by atoms with Crippen LogP contribution in [-0.4, -0.2) is 67.9 Å². The first kappa shape index (κ1) is 21.8. The fourth-order valence-corrected chi connectivity index (χ4v) is 3.81. The Bertz CT molecular complexity index is 613. The predicted molar refractivity (Wildman–Crippen MR) is 116 cm³/mol. The van der Waals surface area contributed by atoms with Crippen LogP contribution in [0.15, 0.2) is 23.3 Å². The summed E-state index contributed by atoms with van der Waals surface area (Å²) in [5.41, 5.74) is 1.12. The molecule has 1 aromatic heterocycles. The van der Waals surface area contributed by atoms with Crippen molar-refractivity contribution in [2.75, 3.05) is 45.9 Å². The second-order valence-electron chi connectivity index (χ2n) is 7.81. The number of hydrogen-bond donors (Lipinski definition) is 2. The summed E-state index contributed by atoms with van der Waals surface area (Å²) in [6, 6.07) is 4.04. The molecule has 1 aliphatic heterocycles. The second kappa shape index (κ2) is 12.6. The Morgan fingerprint density at radius 2 is 2.07 bits per heavy atom. The van der Waals surface area contributed by atoms with E-state index in [4.69, 9.17) is 14.5 Å². The number of pyridine rings is 1. The van der Waals surface area contributed by atoms with Crippen LogP contribution in [0.3, 0.4) is 0 Å². The van der Waals surface area contributed by atoms with Crippen LogP contribution in [0.4, 0.5) is 0 Å². The molecule has 0 aromatic carbocycles. The number of nitrogens with one attached hydrogen (secondary N) is 2. The largest absolute Gasteiger partial charge is 0.474 e. The van der Waals surface area contributed by atoms with E-state index in [1.54, 1.807) is 0 Å². The maximum atomic E-state index is 6.08. The molecule has 7 heteroatoms. The molecule has 0 unspecified atom stereocenters. The van der Waals surface area contributed by atoms with Gasteiger partial charge < -0.3 is 20.1 Å². The highest BCUT2D eigenvalue weighted by Crippen LogP contribution is 2.22. The standard InChI is InChI=1S/C22H37N5O2/c1-2-23-22(25-10-6-12-27-13-15-28-16-14-27)26-18-19-9-11-24-21(17-19)29-20-7-4-3-5-8-20/h9,11,17,20H,2-8,10,12-16,18H2,1H3,(H2,23,25,26). The van der Waals surface area contributed by atoms with Gasteiger partial charge in [-0.1, -0.05) is 6.42 Å². The van der Waals surface area contributed by atoms with Crippen LogP contribution in [0.25, 0.3) is 0 Å². The van der Waals surface area contributed by atoms with Gasteiger partial charge in [0, 0.05) is 38.4 Å². The van der Waals surface area contributed by atoms with E-state index < -0.39 is 0 Å². The zero-order chi connectivity index (χ0) is 20.2. The van der Waals surface area contributed by atoms with Crippen molar-refractivity contribution < 1.29 is 9.47 Å². The Hall–Kier alpha value is -1.86. The third-order valence-corrected chi connectivity index (χ3v) is 5.45. The molecule has 0 bridgehead atoms. The normalized spacial score (nSPS) is 19.1. The summed E-state index contributed by atoms with van der Waals surface area (Å²) in [7, 11) is 0. The highest BCUT2D eigenvalue weighted by Gasteiger charge is 2.15. The number of aromatic nitrogens is 1. The van der Waals surface area contributed by atoms with Gasteiger partial charge in [-0.3, -0.25) is 4.90 Å². The van der Waals surface area contributed by atoms with Gasteiger partial charge in [0.1, 0.15) is 6.10 Å². The number of hydrogen-bond acceptors (Lipinski definition) is 5. The molecular formula is C22H37N5O2. The van der Waals surface area contributed by atoms with Crippen LogP contribution in [0.5, 0.6) is 5.88 Å². The van der Waals surface area contributed by atoms with Gasteiger partial charge >= 0.3 is 0 Å². The molecule has 0 amide bonds. The Balaban J connectivity index is 1.44. The summed E-state index contributed by atoms with van der Waals surface area (Å²) in [6.45, 7) is 9.36. The Morgan fingerprint density at radius 1 is 1.24 bits per heavy atom. The van der Waals surface area contributed by atoms with Crippen molar-refractivity contribution in [2.24, 2.45) is 4.99 Å². The van der Waals surface area contributed by atoms with Crippen LogP contribution in [0.1, 0.15) is 51.0 Å². The van der Waals surface area contributed by atoms with E-state index in [1.807, 2.05) is 18.3 Å². The number of ether oxygens (including phenoxy) is 2. The molecular weight excluding hydrogens is 366 g/mol. The SMILES string of the molecule is CCNC(=NCc1ccnc(OC2CCCCC2)c1)NCCCN1CCOCC1. The van der Waals surface area contributed by atoms with Gasteiger partial charge in [-0.25, -0.2) is 9.98 Å². The third kappa shape index (κ3) is 8.19. The predicted octanol–water partition coefficient (Wildman–Crippen LogP) is 2.57. The van der Waals surface area contributed by atoms with Gasteiger partial charge in [0.2, 0.25) is 5.88 Å². The molecule has 1 saturated carbocycles. The minimum atomic E-state index is 0.320. The first-order valence-electron chi connectivity index (χ1n) is 11.3. The molecule has 7 nitrogen and oxygen atoms in total. The van der Waals surface area contributed by atoms with E-state index in [9.17, 15) is 0 Å². The second-order valence-corrected chi connectivity index (χ2v) is 7.81. The van der Waals surface area contributed by atoms with Gasteiger partial charge in [0.05, 0.1) is 19.8 Å². The average molecular weight is 404 g/mol. The molecule has 3 rings (SSSR count). The summed E-state index contributed by atoms with van der Waals surface area (Å²) in [6.07, 6.45) is 9.38. The minimum Gasteiger partial charge on any atom is -0.474 e. The number of guanidine groups is 1. The van der Waals surface area contributed by atoms with Crippen LogP contribution in [-0.2, 0) is 11.3 Å². The zero-order valence-corrected chi connectivity index (χ0v) is 17.9. The van der Waals surface area contributed by atoms with Gasteiger partial charge in [0.25, 0.3) is 0 Å². The van der Waals surface area contributed by atoms with Crippen molar-refractivity contribution in [3.8, 4) is 5.88 Å². The van der Waals surface area contributed by atoms with Crippen molar-refractivity contribution >= 4 is 5.96 Å². The lowest BCUT2D eigenvalue weighted by atomic mass is 9.98. The quantitative estimate of drug-likeness (QED) is 0.375. The summed E-state index contributed by atoms with van der Waals surface area (Å²) < 4.78 is 11.5. The summed E-state index contributed by atoms with van der Waals surface area (Å²) in [5, 5.41) is 6.77. The molecule has 29 heavy (non-hydrogen) atoms. The molecule has 1 saturated heterocycles. The molecule has 0 atom stereocenters. The highest BCUT2D eigenvalue weighted by atomic mass is 16.5. The van der Waals surface area contributed by atoms with Crippen molar-refractivity contribution in [1.82, 2.24) is 20.5 Å². The van der Waals surface area contributed by atoms with Crippen LogP contribution < -0.4 is 15.4 Å². The molecule has 2 N–H and O–H groups in total. The molecule has 2 fully saturated rings. The maximum absolute atomic E-state index is 6.08. The first-order chi connectivity index (χ1) is 14.3. The lowest BCUT2D eigenvalue weighted by Crippen LogP contribution is -2.40. The molecule has 2 aliphatic rings. The first-order valence-corrected chi connectivity index (χ1v) is 11.3. The maximum Gasteiger partial charge on any atom is 0.213 e. The lowest BCUT2D eigenvalue weighted by Gasteiger charge is -2.26. The highest BCUT2D eigenvalue weighted by molar-refractivity contribution is 5.79. The molecule has 1 aliphatic carbocycles. The van der Waals surface area contributed by atoms with Gasteiger partial charge in [0.15, 0.2) is 5.96 Å². The molecule has 2 heterocycles. The minimum absolute atomic E-state index is 0.320. The van der Waals surface area contributed by atoms with E-state index in [2.05, 4.69) is 27.4 Å². The Kier molecular flexibility index (Phi) is 9.53. The van der Waals surface area contributed by atoms with Gasteiger partial charge in [-0.15, -0.1) is 0 Å². The van der Waals surface area contributed by atoms with Crippen LogP contribution in [0, 0.1) is 0 Å². The van der Waals surface area contributed by atoms with Gasteiger partial charge in [-0.2, -0.15) is 0 Å². The van der Waals surface area contributed by atoms with E-state index in [-0.39, 0.29) is 0 Å².